The van der Waals surface area contributed by atoms with Gasteiger partial charge in [0.1, 0.15) is 4.34 Å². The zero-order chi connectivity index (χ0) is 19.2. The molecule has 5 nitrogen and oxygen atoms in total. The van der Waals surface area contributed by atoms with Crippen molar-refractivity contribution in [2.24, 2.45) is 5.92 Å². The number of thioether (sulfide) groups is 1. The van der Waals surface area contributed by atoms with Gasteiger partial charge in [-0.25, -0.2) is 4.98 Å². The zero-order valence-corrected chi connectivity index (χ0v) is 17.3. The number of benzene rings is 1. The fourth-order valence-electron chi connectivity index (χ4n) is 3.05. The van der Waals surface area contributed by atoms with Crippen LogP contribution in [0.3, 0.4) is 0 Å². The van der Waals surface area contributed by atoms with E-state index in [0.29, 0.717) is 38.1 Å². The molecule has 7 heteroatoms. The summed E-state index contributed by atoms with van der Waals surface area (Å²) in [5.74, 6) is 0.656. The number of carbonyl (C=O) groups excluding carboxylic acids is 2. The standard InChI is InChI=1S/C20H24N2O3S2/c1-3-25-19(24)17-8-10-22(11-9-17)18(23)16-6-4-15(5-7-16)13-27-20-21-14(2)12-26-20/h4-7,12,17H,3,8-11,13H2,1-2H3. The van der Waals surface area contributed by atoms with E-state index in [9.17, 15) is 9.59 Å². The van der Waals surface area contributed by atoms with Gasteiger partial charge < -0.3 is 9.64 Å². The summed E-state index contributed by atoms with van der Waals surface area (Å²) in [6.07, 6.45) is 1.35. The molecule has 1 saturated heterocycles. The average molecular weight is 405 g/mol. The normalized spacial score (nSPS) is 15.0. The fraction of sp³-hybridized carbons (Fsp3) is 0.450. The van der Waals surface area contributed by atoms with Crippen molar-refractivity contribution in [1.29, 1.82) is 0 Å². The monoisotopic (exact) mass is 404 g/mol. The Morgan fingerprint density at radius 1 is 1.26 bits per heavy atom. The van der Waals surface area contributed by atoms with Gasteiger partial charge in [-0.15, -0.1) is 11.3 Å². The van der Waals surface area contributed by atoms with Crippen LogP contribution in [0, 0.1) is 12.8 Å². The van der Waals surface area contributed by atoms with Gasteiger partial charge in [0.15, 0.2) is 0 Å². The van der Waals surface area contributed by atoms with Crippen molar-refractivity contribution in [3.63, 3.8) is 0 Å². The number of esters is 1. The van der Waals surface area contributed by atoms with Crippen LogP contribution in [0.4, 0.5) is 0 Å². The summed E-state index contributed by atoms with van der Waals surface area (Å²) in [6.45, 7) is 5.42. The van der Waals surface area contributed by atoms with Crippen molar-refractivity contribution in [2.45, 2.75) is 36.8 Å². The van der Waals surface area contributed by atoms with Crippen molar-refractivity contribution in [3.05, 3.63) is 46.5 Å². The van der Waals surface area contributed by atoms with E-state index in [2.05, 4.69) is 10.4 Å². The molecule has 1 amide bonds. The number of likely N-dealkylation sites (tertiary alicyclic amines) is 1. The van der Waals surface area contributed by atoms with Crippen LogP contribution in [0.15, 0.2) is 34.0 Å². The molecule has 0 saturated carbocycles. The lowest BCUT2D eigenvalue weighted by Gasteiger charge is -2.31. The first kappa shape index (κ1) is 19.9. The molecular formula is C20H24N2O3S2. The second-order valence-electron chi connectivity index (χ2n) is 6.56. The van der Waals surface area contributed by atoms with Gasteiger partial charge >= 0.3 is 5.97 Å². The van der Waals surface area contributed by atoms with Gasteiger partial charge in [-0.05, 0) is 44.4 Å². The van der Waals surface area contributed by atoms with Crippen LogP contribution < -0.4 is 0 Å². The molecule has 1 aromatic heterocycles. The Hall–Kier alpha value is -1.86. The predicted octanol–water partition coefficient (Wildman–Crippen LogP) is 4.16. The average Bonchev–Trinajstić information content (AvgIpc) is 3.12. The fourth-order valence-corrected chi connectivity index (χ4v) is 4.85. The highest BCUT2D eigenvalue weighted by Gasteiger charge is 2.28. The number of aryl methyl sites for hydroxylation is 1. The number of nitrogens with zero attached hydrogens (tertiary/aromatic N) is 2. The van der Waals surface area contributed by atoms with Crippen LogP contribution >= 0.6 is 23.1 Å². The Kier molecular flexibility index (Phi) is 6.90. The highest BCUT2D eigenvalue weighted by Crippen LogP contribution is 2.26. The summed E-state index contributed by atoms with van der Waals surface area (Å²) in [7, 11) is 0. The summed E-state index contributed by atoms with van der Waals surface area (Å²) in [4.78, 5) is 30.8. The van der Waals surface area contributed by atoms with E-state index >= 15 is 0 Å². The number of aromatic nitrogens is 1. The summed E-state index contributed by atoms with van der Waals surface area (Å²) in [5, 5.41) is 2.05. The van der Waals surface area contributed by atoms with Crippen LogP contribution in [-0.4, -0.2) is 41.5 Å². The number of piperidine rings is 1. The van der Waals surface area contributed by atoms with E-state index in [4.69, 9.17) is 4.74 Å². The predicted molar refractivity (Wildman–Crippen MR) is 108 cm³/mol. The van der Waals surface area contributed by atoms with Crippen LogP contribution in [0.5, 0.6) is 0 Å². The van der Waals surface area contributed by atoms with E-state index in [-0.39, 0.29) is 17.8 Å². The number of thiazole rings is 1. The van der Waals surface area contributed by atoms with Gasteiger partial charge in [0.05, 0.1) is 12.5 Å². The largest absolute Gasteiger partial charge is 0.466 e. The number of hydrogen-bond donors (Lipinski definition) is 0. The minimum atomic E-state index is -0.137. The smallest absolute Gasteiger partial charge is 0.309 e. The highest BCUT2D eigenvalue weighted by atomic mass is 32.2. The number of ether oxygens (including phenoxy) is 1. The van der Waals surface area contributed by atoms with Crippen LogP contribution in [0.2, 0.25) is 0 Å². The first-order valence-corrected chi connectivity index (χ1v) is 11.0. The Labute approximate surface area is 168 Å². The minimum absolute atomic E-state index is 0.0343. The molecule has 3 rings (SSSR count). The molecule has 1 aromatic carbocycles. The Bertz CT molecular complexity index is 781. The van der Waals surface area contributed by atoms with Crippen molar-refractivity contribution in [2.75, 3.05) is 19.7 Å². The lowest BCUT2D eigenvalue weighted by Crippen LogP contribution is -2.40. The second-order valence-corrected chi connectivity index (χ2v) is 8.64. The summed E-state index contributed by atoms with van der Waals surface area (Å²) in [5.41, 5.74) is 2.92. The summed E-state index contributed by atoms with van der Waals surface area (Å²) < 4.78 is 6.15. The van der Waals surface area contributed by atoms with E-state index in [1.807, 2.05) is 43.0 Å². The molecule has 0 bridgehead atoms. The molecule has 0 N–H and O–H groups in total. The van der Waals surface area contributed by atoms with E-state index in [1.54, 1.807) is 23.1 Å². The van der Waals surface area contributed by atoms with Crippen LogP contribution in [0.25, 0.3) is 0 Å². The van der Waals surface area contributed by atoms with E-state index < -0.39 is 0 Å². The Morgan fingerprint density at radius 2 is 1.96 bits per heavy atom. The van der Waals surface area contributed by atoms with Crippen molar-refractivity contribution < 1.29 is 14.3 Å². The maximum Gasteiger partial charge on any atom is 0.309 e. The molecule has 2 heterocycles. The van der Waals surface area contributed by atoms with E-state index in [0.717, 1.165) is 15.8 Å². The number of carbonyl (C=O) groups is 2. The topological polar surface area (TPSA) is 59.5 Å². The van der Waals surface area contributed by atoms with Gasteiger partial charge in [0.2, 0.25) is 0 Å². The zero-order valence-electron chi connectivity index (χ0n) is 15.6. The maximum absolute atomic E-state index is 12.7. The van der Waals surface area contributed by atoms with Gasteiger partial charge in [-0.2, -0.15) is 0 Å². The first-order chi connectivity index (χ1) is 13.1. The number of rotatable bonds is 6. The molecule has 0 unspecified atom stereocenters. The highest BCUT2D eigenvalue weighted by molar-refractivity contribution is 8.00. The number of amides is 1. The molecular weight excluding hydrogens is 380 g/mol. The van der Waals surface area contributed by atoms with Crippen molar-refractivity contribution >= 4 is 35.0 Å². The van der Waals surface area contributed by atoms with Gasteiger partial charge in [-0.1, -0.05) is 23.9 Å². The lowest BCUT2D eigenvalue weighted by atomic mass is 9.96. The first-order valence-electron chi connectivity index (χ1n) is 9.16. The molecule has 0 radical (unpaired) electrons. The SMILES string of the molecule is CCOC(=O)C1CCN(C(=O)c2ccc(CSc3nc(C)cs3)cc2)CC1. The molecule has 1 fully saturated rings. The van der Waals surface area contributed by atoms with E-state index in [1.165, 1.54) is 5.56 Å². The van der Waals surface area contributed by atoms with Gasteiger partial charge in [0, 0.05) is 35.5 Å². The van der Waals surface area contributed by atoms with Gasteiger partial charge in [-0.3, -0.25) is 9.59 Å². The molecule has 0 aliphatic carbocycles. The molecule has 27 heavy (non-hydrogen) atoms. The van der Waals surface area contributed by atoms with Crippen molar-refractivity contribution in [3.8, 4) is 0 Å². The lowest BCUT2D eigenvalue weighted by molar-refractivity contribution is -0.149. The quantitative estimate of drug-likeness (QED) is 0.534. The van der Waals surface area contributed by atoms with Crippen molar-refractivity contribution in [1.82, 2.24) is 9.88 Å². The van der Waals surface area contributed by atoms with Crippen LogP contribution in [-0.2, 0) is 15.3 Å². The minimum Gasteiger partial charge on any atom is -0.466 e. The number of hydrogen-bond acceptors (Lipinski definition) is 6. The Morgan fingerprint density at radius 3 is 2.56 bits per heavy atom. The summed E-state index contributed by atoms with van der Waals surface area (Å²) >= 11 is 3.37. The molecule has 2 aromatic rings. The third-order valence-electron chi connectivity index (χ3n) is 4.56. The third kappa shape index (κ3) is 5.32. The second kappa shape index (κ2) is 9.37. The van der Waals surface area contributed by atoms with Gasteiger partial charge in [0.25, 0.3) is 5.91 Å². The van der Waals surface area contributed by atoms with Crippen LogP contribution in [0.1, 0.15) is 41.4 Å². The molecule has 1 aliphatic rings. The molecule has 0 atom stereocenters. The molecule has 0 spiro atoms. The summed E-state index contributed by atoms with van der Waals surface area (Å²) in [6, 6.07) is 7.80. The maximum atomic E-state index is 12.7. The third-order valence-corrected chi connectivity index (χ3v) is 6.77. The Balaban J connectivity index is 1.51. The molecule has 144 valence electrons. The molecule has 1 aliphatic heterocycles.